The van der Waals surface area contributed by atoms with Gasteiger partial charge in [0.05, 0.1) is 14.2 Å². The lowest BCUT2D eigenvalue weighted by Crippen LogP contribution is -2.12. The van der Waals surface area contributed by atoms with Crippen LogP contribution in [-0.4, -0.2) is 25.1 Å². The molecular weight excluding hydrogens is 256 g/mol. The monoisotopic (exact) mass is 274 g/mol. The molecule has 0 saturated heterocycles. The van der Waals surface area contributed by atoms with E-state index in [0.29, 0.717) is 22.6 Å². The lowest BCUT2D eigenvalue weighted by molar-refractivity contribution is 0.0747. The molecule has 0 fully saturated rings. The number of methoxy groups -OCH3 is 2. The lowest BCUT2D eigenvalue weighted by Gasteiger charge is -2.08. The Morgan fingerprint density at radius 1 is 1.00 bits per heavy atom. The molecule has 0 spiro atoms. The summed E-state index contributed by atoms with van der Waals surface area (Å²) in [5.74, 6) is 0.651. The first-order valence-corrected chi connectivity index (χ1v) is 6.07. The standard InChI is InChI=1S/C16H16O4/c1-19-13-7-3-11(4-8-13)15(17)16(18)12-5-9-14(20-2)10-6-12/h3-10,15,17H,1-2H3/p+1/i15D. The minimum atomic E-state index is -2.10. The summed E-state index contributed by atoms with van der Waals surface area (Å²) in [5, 5.41) is 8.08. The van der Waals surface area contributed by atoms with Gasteiger partial charge < -0.3 is 14.6 Å². The maximum absolute atomic E-state index is 12.4. The minimum Gasteiger partial charge on any atom is -0.497 e. The molecule has 0 aliphatic rings. The van der Waals surface area contributed by atoms with Gasteiger partial charge in [0.2, 0.25) is 11.9 Å². The van der Waals surface area contributed by atoms with Gasteiger partial charge in [-0.15, -0.1) is 0 Å². The maximum atomic E-state index is 12.4. The van der Waals surface area contributed by atoms with Gasteiger partial charge in [0.1, 0.15) is 12.9 Å². The van der Waals surface area contributed by atoms with E-state index in [1.54, 1.807) is 48.5 Å². The molecular formula is C16H17O4+. The molecule has 4 nitrogen and oxygen atoms in total. The molecule has 0 heterocycles. The van der Waals surface area contributed by atoms with E-state index in [1.807, 2.05) is 0 Å². The molecule has 0 amide bonds. The average molecular weight is 274 g/mol. The summed E-state index contributed by atoms with van der Waals surface area (Å²) < 4.78 is 18.1. The number of ketones is 1. The Bertz CT molecular complexity index is 618. The summed E-state index contributed by atoms with van der Waals surface area (Å²) >= 11 is 0. The third-order valence-corrected chi connectivity index (χ3v) is 2.96. The quantitative estimate of drug-likeness (QED) is 0.621. The molecule has 2 aromatic rings. The Balaban J connectivity index is 2.29. The highest BCUT2D eigenvalue weighted by molar-refractivity contribution is 5.99. The van der Waals surface area contributed by atoms with E-state index in [-0.39, 0.29) is 0 Å². The van der Waals surface area contributed by atoms with Gasteiger partial charge in [-0.2, -0.15) is 0 Å². The molecule has 2 N–H and O–H groups in total. The van der Waals surface area contributed by atoms with Crippen molar-refractivity contribution in [1.82, 2.24) is 0 Å². The van der Waals surface area contributed by atoms with Crippen molar-refractivity contribution in [3.63, 3.8) is 0 Å². The second-order valence-electron chi connectivity index (χ2n) is 4.16. The summed E-state index contributed by atoms with van der Waals surface area (Å²) in [6.45, 7) is 0. The van der Waals surface area contributed by atoms with Gasteiger partial charge in [0.15, 0.2) is 0 Å². The molecule has 0 aromatic heterocycles. The van der Waals surface area contributed by atoms with Crippen molar-refractivity contribution in [3.05, 3.63) is 59.7 Å². The zero-order valence-electron chi connectivity index (χ0n) is 12.3. The van der Waals surface area contributed by atoms with Crippen molar-refractivity contribution in [2.45, 2.75) is 6.08 Å². The fourth-order valence-electron chi connectivity index (χ4n) is 1.78. The average Bonchev–Trinajstić information content (AvgIpc) is 2.54. The van der Waals surface area contributed by atoms with Crippen LogP contribution in [0.3, 0.4) is 0 Å². The Kier molecular flexibility index (Phi) is 3.94. The number of ether oxygens (including phenoxy) is 2. The van der Waals surface area contributed by atoms with Gasteiger partial charge in [0, 0.05) is 11.1 Å². The minimum absolute atomic E-state index is 0.295. The highest BCUT2D eigenvalue weighted by Gasteiger charge is 2.23. The van der Waals surface area contributed by atoms with Crippen molar-refractivity contribution >= 4 is 5.78 Å². The van der Waals surface area contributed by atoms with Crippen LogP contribution in [0, 0.1) is 0 Å². The summed E-state index contributed by atoms with van der Waals surface area (Å²) in [4.78, 5) is 12.4. The van der Waals surface area contributed by atoms with Gasteiger partial charge in [-0.3, -0.25) is 4.79 Å². The molecule has 0 aliphatic heterocycles. The van der Waals surface area contributed by atoms with Gasteiger partial charge in [-0.1, -0.05) is 0 Å². The van der Waals surface area contributed by atoms with Crippen LogP contribution >= 0.6 is 0 Å². The van der Waals surface area contributed by atoms with Crippen LogP contribution in [0.25, 0.3) is 0 Å². The van der Waals surface area contributed by atoms with Crippen molar-refractivity contribution < 1.29 is 20.7 Å². The fourth-order valence-corrected chi connectivity index (χ4v) is 1.78. The van der Waals surface area contributed by atoms with Gasteiger partial charge in [-0.05, 0) is 48.5 Å². The molecule has 1 unspecified atom stereocenters. The Morgan fingerprint density at radius 2 is 1.45 bits per heavy atom. The zero-order chi connectivity index (χ0) is 15.5. The smallest absolute Gasteiger partial charge is 0.245 e. The molecule has 0 aliphatic carbocycles. The summed E-state index contributed by atoms with van der Waals surface area (Å²) in [7, 11) is 3.07. The van der Waals surface area contributed by atoms with E-state index in [0.717, 1.165) is 0 Å². The highest BCUT2D eigenvalue weighted by Crippen LogP contribution is 2.22. The van der Waals surface area contributed by atoms with Gasteiger partial charge in [0.25, 0.3) is 0 Å². The topological polar surface area (TPSA) is 58.4 Å². The van der Waals surface area contributed by atoms with E-state index in [4.69, 9.17) is 16.0 Å². The van der Waals surface area contributed by atoms with Crippen LogP contribution in [0.4, 0.5) is 0 Å². The molecule has 2 aromatic carbocycles. The van der Waals surface area contributed by atoms with E-state index >= 15 is 0 Å². The molecule has 1 atom stereocenters. The first-order valence-electron chi connectivity index (χ1n) is 6.57. The van der Waals surface area contributed by atoms with E-state index in [2.05, 4.69) is 0 Å². The Morgan fingerprint density at radius 3 is 1.90 bits per heavy atom. The molecule has 20 heavy (non-hydrogen) atoms. The SMILES string of the molecule is [2H]C([OH2+])(C(=O)c1ccc(OC)cc1)c1ccc(OC)cc1. The van der Waals surface area contributed by atoms with Crippen molar-refractivity contribution in [2.75, 3.05) is 14.2 Å². The highest BCUT2D eigenvalue weighted by atomic mass is 16.5. The second-order valence-corrected chi connectivity index (χ2v) is 4.16. The third-order valence-electron chi connectivity index (χ3n) is 2.96. The van der Waals surface area contributed by atoms with Crippen LogP contribution < -0.4 is 9.47 Å². The molecule has 0 saturated carbocycles. The van der Waals surface area contributed by atoms with Crippen LogP contribution in [-0.2, 0) is 0 Å². The summed E-state index contributed by atoms with van der Waals surface area (Å²) in [6, 6.07) is 12.8. The van der Waals surface area contributed by atoms with Crippen LogP contribution in [0.1, 0.15) is 23.4 Å². The van der Waals surface area contributed by atoms with Crippen molar-refractivity contribution in [3.8, 4) is 11.5 Å². The lowest BCUT2D eigenvalue weighted by atomic mass is 10.00. The Labute approximate surface area is 119 Å². The molecule has 2 rings (SSSR count). The number of rotatable bonds is 5. The van der Waals surface area contributed by atoms with Gasteiger partial charge >= 0.3 is 0 Å². The number of hydrogen-bond donors (Lipinski definition) is 0. The molecule has 0 bridgehead atoms. The Hall–Kier alpha value is -2.33. The van der Waals surface area contributed by atoms with E-state index in [9.17, 15) is 4.79 Å². The number of carbonyl (C=O) groups is 1. The summed E-state index contributed by atoms with van der Waals surface area (Å²) in [6.07, 6.45) is -2.10. The van der Waals surface area contributed by atoms with Crippen LogP contribution in [0.2, 0.25) is 0 Å². The van der Waals surface area contributed by atoms with Gasteiger partial charge in [-0.25, -0.2) is 0 Å². The van der Waals surface area contributed by atoms with E-state index < -0.39 is 11.9 Å². The van der Waals surface area contributed by atoms with Crippen LogP contribution in [0.15, 0.2) is 48.5 Å². The predicted molar refractivity (Wildman–Crippen MR) is 76.7 cm³/mol. The first-order chi connectivity index (χ1) is 9.98. The maximum Gasteiger partial charge on any atom is 0.245 e. The fraction of sp³-hybridized carbons (Fsp3) is 0.188. The normalized spacial score (nSPS) is 14.1. The molecule has 4 heteroatoms. The number of hydrogen-bond acceptors (Lipinski definition) is 3. The van der Waals surface area contributed by atoms with Crippen molar-refractivity contribution in [1.29, 1.82) is 0 Å². The predicted octanol–water partition coefficient (Wildman–Crippen LogP) is 2.35. The van der Waals surface area contributed by atoms with E-state index in [1.165, 1.54) is 14.2 Å². The first kappa shape index (κ1) is 12.7. The number of benzene rings is 2. The molecule has 0 radical (unpaired) electrons. The zero-order valence-corrected chi connectivity index (χ0v) is 11.3. The van der Waals surface area contributed by atoms with Crippen molar-refractivity contribution in [2.24, 2.45) is 0 Å². The largest absolute Gasteiger partial charge is 0.497 e. The second kappa shape index (κ2) is 6.21. The molecule has 104 valence electrons. The third kappa shape index (κ3) is 2.97. The van der Waals surface area contributed by atoms with Crippen LogP contribution in [0.5, 0.6) is 11.5 Å². The number of Topliss-reactive ketones (excluding diaryl/α,β-unsaturated/α-hetero) is 1. The summed E-state index contributed by atoms with van der Waals surface area (Å²) in [5.41, 5.74) is 0.598. The number of carbonyl (C=O) groups excluding carboxylic acids is 1.